The van der Waals surface area contributed by atoms with Crippen molar-refractivity contribution in [3.63, 3.8) is 0 Å². The maximum absolute atomic E-state index is 11.5. The van der Waals surface area contributed by atoms with Gasteiger partial charge in [-0.05, 0) is 13.3 Å². The van der Waals surface area contributed by atoms with E-state index in [1.807, 2.05) is 0 Å². The highest BCUT2D eigenvalue weighted by atomic mass is 32.2. The second kappa shape index (κ2) is 6.07. The van der Waals surface area contributed by atoms with Crippen LogP contribution in [-0.2, 0) is 14.6 Å². The molecule has 15 heavy (non-hydrogen) atoms. The molecule has 0 aromatic rings. The summed E-state index contributed by atoms with van der Waals surface area (Å²) in [5.74, 6) is -0.0177. The lowest BCUT2D eigenvalue weighted by Gasteiger charge is -2.12. The molecule has 1 unspecified atom stereocenters. The van der Waals surface area contributed by atoms with Crippen LogP contribution in [0.25, 0.3) is 0 Å². The summed E-state index contributed by atoms with van der Waals surface area (Å²) in [5.41, 5.74) is 5.28. The number of rotatable bonds is 6. The first-order chi connectivity index (χ1) is 6.81. The standard InChI is InChI=1S/C9H20N2O3S/c1-8(7-10)15(13,14)6-4-5-9(12)11(2)3/h8H,4-7,10H2,1-3H3. The molecule has 0 aromatic heterocycles. The number of amides is 1. The van der Waals surface area contributed by atoms with Crippen LogP contribution in [0.2, 0.25) is 0 Å². The Morgan fingerprint density at radius 3 is 2.33 bits per heavy atom. The fourth-order valence-electron chi connectivity index (χ4n) is 0.996. The molecule has 0 fully saturated rings. The van der Waals surface area contributed by atoms with Gasteiger partial charge in [-0.2, -0.15) is 0 Å². The van der Waals surface area contributed by atoms with E-state index < -0.39 is 15.1 Å². The predicted molar refractivity (Wildman–Crippen MR) is 60.2 cm³/mol. The highest BCUT2D eigenvalue weighted by Gasteiger charge is 2.19. The SMILES string of the molecule is CC(CN)S(=O)(=O)CCCC(=O)N(C)C. The quantitative estimate of drug-likeness (QED) is 0.681. The minimum Gasteiger partial charge on any atom is -0.349 e. The molecule has 5 nitrogen and oxygen atoms in total. The van der Waals surface area contributed by atoms with Crippen molar-refractivity contribution in [2.45, 2.75) is 25.0 Å². The third kappa shape index (κ3) is 5.13. The van der Waals surface area contributed by atoms with Crippen LogP contribution < -0.4 is 5.73 Å². The first-order valence-electron chi connectivity index (χ1n) is 4.93. The zero-order valence-electron chi connectivity index (χ0n) is 9.56. The molecule has 2 N–H and O–H groups in total. The van der Waals surface area contributed by atoms with E-state index in [-0.39, 0.29) is 24.6 Å². The Morgan fingerprint density at radius 1 is 1.40 bits per heavy atom. The second-order valence-electron chi connectivity index (χ2n) is 3.81. The van der Waals surface area contributed by atoms with Crippen LogP contribution in [0.5, 0.6) is 0 Å². The number of hydrogen-bond acceptors (Lipinski definition) is 4. The van der Waals surface area contributed by atoms with Crippen LogP contribution in [0.1, 0.15) is 19.8 Å². The van der Waals surface area contributed by atoms with E-state index >= 15 is 0 Å². The third-order valence-corrected chi connectivity index (χ3v) is 4.54. The van der Waals surface area contributed by atoms with E-state index in [9.17, 15) is 13.2 Å². The van der Waals surface area contributed by atoms with Gasteiger partial charge in [0.2, 0.25) is 5.91 Å². The van der Waals surface area contributed by atoms with E-state index in [0.29, 0.717) is 6.42 Å². The van der Waals surface area contributed by atoms with Crippen molar-refractivity contribution < 1.29 is 13.2 Å². The topological polar surface area (TPSA) is 80.5 Å². The highest BCUT2D eigenvalue weighted by molar-refractivity contribution is 7.92. The fourth-order valence-corrected chi connectivity index (χ4v) is 2.24. The zero-order chi connectivity index (χ0) is 12.1. The first kappa shape index (κ1) is 14.4. The molecule has 0 aromatic carbocycles. The van der Waals surface area contributed by atoms with E-state index in [2.05, 4.69) is 0 Å². The van der Waals surface area contributed by atoms with Gasteiger partial charge in [0.1, 0.15) is 0 Å². The van der Waals surface area contributed by atoms with Gasteiger partial charge in [0.05, 0.1) is 11.0 Å². The average Bonchev–Trinajstić information content (AvgIpc) is 2.15. The maximum Gasteiger partial charge on any atom is 0.222 e. The Kier molecular flexibility index (Phi) is 5.82. The van der Waals surface area contributed by atoms with Gasteiger partial charge in [-0.1, -0.05) is 0 Å². The summed E-state index contributed by atoms with van der Waals surface area (Å²) in [4.78, 5) is 12.6. The minimum atomic E-state index is -3.13. The number of carbonyl (C=O) groups is 1. The molecule has 0 saturated carbocycles. The number of nitrogens with two attached hydrogens (primary N) is 1. The lowest BCUT2D eigenvalue weighted by molar-refractivity contribution is -0.128. The minimum absolute atomic E-state index is 0.0327. The molecule has 0 aliphatic heterocycles. The highest BCUT2D eigenvalue weighted by Crippen LogP contribution is 2.04. The number of carbonyl (C=O) groups excluding carboxylic acids is 1. The molecule has 0 aliphatic carbocycles. The molecule has 0 heterocycles. The number of nitrogens with zero attached hydrogens (tertiary/aromatic N) is 1. The molecular weight excluding hydrogens is 216 g/mol. The van der Waals surface area contributed by atoms with E-state index in [4.69, 9.17) is 5.73 Å². The molecule has 0 aliphatic rings. The lowest BCUT2D eigenvalue weighted by atomic mass is 10.3. The summed E-state index contributed by atoms with van der Waals surface area (Å²) in [6.07, 6.45) is 0.632. The van der Waals surface area contributed by atoms with Gasteiger partial charge in [0, 0.05) is 27.1 Å². The van der Waals surface area contributed by atoms with Crippen molar-refractivity contribution in [3.8, 4) is 0 Å². The molecule has 0 spiro atoms. The summed E-state index contributed by atoms with van der Waals surface area (Å²) >= 11 is 0. The molecule has 0 bridgehead atoms. The summed E-state index contributed by atoms with van der Waals surface area (Å²) in [5, 5.41) is -0.521. The molecule has 90 valence electrons. The predicted octanol–water partition coefficient (Wildman–Crippen LogP) is -0.383. The van der Waals surface area contributed by atoms with Crippen molar-refractivity contribution in [1.29, 1.82) is 0 Å². The van der Waals surface area contributed by atoms with Crippen LogP contribution in [0.4, 0.5) is 0 Å². The van der Waals surface area contributed by atoms with Gasteiger partial charge < -0.3 is 10.6 Å². The van der Waals surface area contributed by atoms with Crippen LogP contribution >= 0.6 is 0 Å². The maximum atomic E-state index is 11.5. The average molecular weight is 236 g/mol. The number of hydrogen-bond donors (Lipinski definition) is 1. The normalized spacial score (nSPS) is 13.6. The Bertz CT molecular complexity index is 298. The summed E-state index contributed by atoms with van der Waals surface area (Å²) in [7, 11) is 0.177. The molecule has 6 heteroatoms. The largest absolute Gasteiger partial charge is 0.349 e. The van der Waals surface area contributed by atoms with Crippen molar-refractivity contribution in [3.05, 3.63) is 0 Å². The van der Waals surface area contributed by atoms with Gasteiger partial charge in [-0.3, -0.25) is 4.79 Å². The van der Waals surface area contributed by atoms with E-state index in [0.717, 1.165) is 0 Å². The van der Waals surface area contributed by atoms with Crippen LogP contribution in [0, 0.1) is 0 Å². The molecule has 0 rings (SSSR count). The van der Waals surface area contributed by atoms with Gasteiger partial charge in [0.15, 0.2) is 9.84 Å². The van der Waals surface area contributed by atoms with Crippen molar-refractivity contribution in [2.24, 2.45) is 5.73 Å². The zero-order valence-corrected chi connectivity index (χ0v) is 10.4. The van der Waals surface area contributed by atoms with Crippen molar-refractivity contribution >= 4 is 15.7 Å². The summed E-state index contributed by atoms with van der Waals surface area (Å²) in [6, 6.07) is 0. The monoisotopic (exact) mass is 236 g/mol. The Hall–Kier alpha value is -0.620. The van der Waals surface area contributed by atoms with Crippen LogP contribution in [0.3, 0.4) is 0 Å². The molecule has 1 atom stereocenters. The van der Waals surface area contributed by atoms with E-state index in [1.165, 1.54) is 4.90 Å². The van der Waals surface area contributed by atoms with Crippen LogP contribution in [-0.4, -0.2) is 50.9 Å². The number of sulfone groups is 1. The van der Waals surface area contributed by atoms with Gasteiger partial charge in [0.25, 0.3) is 0 Å². The second-order valence-corrected chi connectivity index (χ2v) is 6.34. The lowest BCUT2D eigenvalue weighted by Crippen LogP contribution is -2.29. The smallest absolute Gasteiger partial charge is 0.222 e. The summed E-state index contributed by atoms with van der Waals surface area (Å²) in [6.45, 7) is 1.72. The van der Waals surface area contributed by atoms with Crippen molar-refractivity contribution in [2.75, 3.05) is 26.4 Å². The molecule has 0 saturated heterocycles. The van der Waals surface area contributed by atoms with Gasteiger partial charge in [-0.25, -0.2) is 8.42 Å². The fraction of sp³-hybridized carbons (Fsp3) is 0.889. The van der Waals surface area contributed by atoms with Gasteiger partial charge >= 0.3 is 0 Å². The Morgan fingerprint density at radius 2 is 1.93 bits per heavy atom. The summed E-state index contributed by atoms with van der Waals surface area (Å²) < 4.78 is 23.0. The van der Waals surface area contributed by atoms with Crippen molar-refractivity contribution in [1.82, 2.24) is 4.90 Å². The molecule has 0 radical (unpaired) electrons. The first-order valence-corrected chi connectivity index (χ1v) is 6.64. The molecular formula is C9H20N2O3S. The van der Waals surface area contributed by atoms with Crippen LogP contribution in [0.15, 0.2) is 0 Å². The molecule has 1 amide bonds. The van der Waals surface area contributed by atoms with Gasteiger partial charge in [-0.15, -0.1) is 0 Å². The Balaban J connectivity index is 4.02. The Labute approximate surface area is 91.5 Å². The van der Waals surface area contributed by atoms with E-state index in [1.54, 1.807) is 21.0 Å². The third-order valence-electron chi connectivity index (χ3n) is 2.26.